The lowest BCUT2D eigenvalue weighted by molar-refractivity contribution is -0.385. The van der Waals surface area contributed by atoms with Gasteiger partial charge in [-0.15, -0.1) is 0 Å². The summed E-state index contributed by atoms with van der Waals surface area (Å²) < 4.78 is 10.3. The van der Waals surface area contributed by atoms with Gasteiger partial charge in [-0.05, 0) is 24.6 Å². The smallest absolute Gasteiger partial charge is 0.282 e. The summed E-state index contributed by atoms with van der Waals surface area (Å²) in [4.78, 5) is 22.5. The van der Waals surface area contributed by atoms with Gasteiger partial charge in [0.05, 0.1) is 29.3 Å². The molecule has 1 heterocycles. The first-order valence-electron chi connectivity index (χ1n) is 7.74. The number of benzene rings is 2. The molecule has 0 aliphatic carbocycles. The summed E-state index contributed by atoms with van der Waals surface area (Å²) in [7, 11) is 0. The molecule has 2 aromatic rings. The van der Waals surface area contributed by atoms with Gasteiger partial charge >= 0.3 is 0 Å². The number of amides is 1. The molecule has 0 saturated carbocycles. The van der Waals surface area contributed by atoms with Crippen molar-refractivity contribution < 1.29 is 19.2 Å². The standard InChI is InChI=1S/C17H16N4O5/c1-11-4-2-3-5-13(11)18-9-17(22)20-19-8-12-6-15-16(26-10-25-15)7-14(12)21(23)24/h2-8,18H,9-10H2,1H3,(H,20,22). The Morgan fingerprint density at radius 2 is 2.04 bits per heavy atom. The van der Waals surface area contributed by atoms with Crippen molar-refractivity contribution in [3.05, 3.63) is 57.6 Å². The number of nitrogens with zero attached hydrogens (tertiary/aromatic N) is 2. The average Bonchev–Trinajstić information content (AvgIpc) is 3.07. The van der Waals surface area contributed by atoms with Crippen molar-refractivity contribution >= 4 is 23.5 Å². The Balaban J connectivity index is 1.62. The summed E-state index contributed by atoms with van der Waals surface area (Å²) in [5.41, 5.74) is 4.20. The van der Waals surface area contributed by atoms with Gasteiger partial charge in [-0.1, -0.05) is 18.2 Å². The monoisotopic (exact) mass is 356 g/mol. The third kappa shape index (κ3) is 3.89. The van der Waals surface area contributed by atoms with E-state index in [4.69, 9.17) is 9.47 Å². The number of aryl methyl sites for hydroxylation is 1. The Hall–Kier alpha value is -3.62. The Morgan fingerprint density at radius 1 is 1.31 bits per heavy atom. The van der Waals surface area contributed by atoms with Crippen LogP contribution in [0.1, 0.15) is 11.1 Å². The second-order valence-electron chi connectivity index (χ2n) is 5.48. The van der Waals surface area contributed by atoms with E-state index in [2.05, 4.69) is 15.8 Å². The van der Waals surface area contributed by atoms with Crippen LogP contribution < -0.4 is 20.2 Å². The maximum absolute atomic E-state index is 11.9. The third-order valence-electron chi connectivity index (χ3n) is 3.70. The van der Waals surface area contributed by atoms with E-state index in [-0.39, 0.29) is 30.5 Å². The molecule has 134 valence electrons. The summed E-state index contributed by atoms with van der Waals surface area (Å²) >= 11 is 0. The second kappa shape index (κ2) is 7.51. The molecular weight excluding hydrogens is 340 g/mol. The SMILES string of the molecule is Cc1ccccc1NCC(=O)NN=Cc1cc2c(cc1[N+](=O)[O-])OCO2. The third-order valence-corrected chi connectivity index (χ3v) is 3.70. The van der Waals surface area contributed by atoms with Gasteiger partial charge in [0.15, 0.2) is 11.5 Å². The molecule has 1 aliphatic rings. The van der Waals surface area contributed by atoms with Crippen LogP contribution in [0.5, 0.6) is 11.5 Å². The number of carbonyl (C=O) groups is 1. The Morgan fingerprint density at radius 3 is 2.77 bits per heavy atom. The first kappa shape index (κ1) is 17.2. The van der Waals surface area contributed by atoms with E-state index in [1.54, 1.807) is 0 Å². The number of nitrogens with one attached hydrogen (secondary N) is 2. The van der Waals surface area contributed by atoms with Gasteiger partial charge in [0.1, 0.15) is 0 Å². The van der Waals surface area contributed by atoms with Crippen molar-refractivity contribution in [2.75, 3.05) is 18.7 Å². The zero-order valence-electron chi connectivity index (χ0n) is 13.9. The number of hydrogen-bond acceptors (Lipinski definition) is 7. The van der Waals surface area contributed by atoms with Crippen molar-refractivity contribution in [3.63, 3.8) is 0 Å². The van der Waals surface area contributed by atoms with Gasteiger partial charge in [0, 0.05) is 5.69 Å². The predicted molar refractivity (Wildman–Crippen MR) is 94.6 cm³/mol. The van der Waals surface area contributed by atoms with Crippen LogP contribution in [0.15, 0.2) is 41.5 Å². The maximum atomic E-state index is 11.9. The summed E-state index contributed by atoms with van der Waals surface area (Å²) in [6.45, 7) is 1.96. The first-order chi connectivity index (χ1) is 12.5. The summed E-state index contributed by atoms with van der Waals surface area (Å²) in [5.74, 6) is 0.317. The molecule has 0 atom stereocenters. The van der Waals surface area contributed by atoms with Crippen molar-refractivity contribution in [2.24, 2.45) is 5.10 Å². The van der Waals surface area contributed by atoms with E-state index in [0.717, 1.165) is 11.3 Å². The summed E-state index contributed by atoms with van der Waals surface area (Å²) in [6, 6.07) is 10.3. The van der Waals surface area contributed by atoms with E-state index in [1.165, 1.54) is 18.3 Å². The molecule has 2 aromatic carbocycles. The van der Waals surface area contributed by atoms with E-state index in [1.807, 2.05) is 31.2 Å². The van der Waals surface area contributed by atoms with Gasteiger partial charge in [-0.25, -0.2) is 5.43 Å². The van der Waals surface area contributed by atoms with Gasteiger partial charge in [-0.2, -0.15) is 5.10 Å². The Kier molecular flexibility index (Phi) is 4.97. The number of hydrazone groups is 1. The highest BCUT2D eigenvalue weighted by Gasteiger charge is 2.22. The van der Waals surface area contributed by atoms with E-state index >= 15 is 0 Å². The zero-order valence-corrected chi connectivity index (χ0v) is 13.9. The molecule has 2 N–H and O–H groups in total. The predicted octanol–water partition coefficient (Wildman–Crippen LogP) is 2.19. The van der Waals surface area contributed by atoms with Crippen LogP contribution >= 0.6 is 0 Å². The fourth-order valence-corrected chi connectivity index (χ4v) is 2.37. The average molecular weight is 356 g/mol. The van der Waals surface area contributed by atoms with Crippen LogP contribution in [0, 0.1) is 17.0 Å². The largest absolute Gasteiger partial charge is 0.454 e. The highest BCUT2D eigenvalue weighted by molar-refractivity contribution is 5.88. The number of nitro groups is 1. The van der Waals surface area contributed by atoms with Gasteiger partial charge in [0.2, 0.25) is 6.79 Å². The molecule has 3 rings (SSSR count). The number of hydrogen-bond donors (Lipinski definition) is 2. The molecule has 0 unspecified atom stereocenters. The van der Waals surface area contributed by atoms with Gasteiger partial charge in [-0.3, -0.25) is 14.9 Å². The number of anilines is 1. The van der Waals surface area contributed by atoms with Crippen LogP contribution in [0.2, 0.25) is 0 Å². The highest BCUT2D eigenvalue weighted by atomic mass is 16.7. The minimum atomic E-state index is -0.551. The van der Waals surface area contributed by atoms with Crippen LogP contribution in [-0.4, -0.2) is 30.4 Å². The minimum absolute atomic E-state index is 0.00833. The number of fused-ring (bicyclic) bond motifs is 1. The zero-order chi connectivity index (χ0) is 18.5. The fourth-order valence-electron chi connectivity index (χ4n) is 2.37. The summed E-state index contributed by atoms with van der Waals surface area (Å²) in [6.07, 6.45) is 1.20. The van der Waals surface area contributed by atoms with E-state index < -0.39 is 4.92 Å². The number of para-hydroxylation sites is 1. The number of nitro benzene ring substituents is 1. The molecule has 0 bridgehead atoms. The second-order valence-corrected chi connectivity index (χ2v) is 5.48. The highest BCUT2D eigenvalue weighted by Crippen LogP contribution is 2.37. The van der Waals surface area contributed by atoms with E-state index in [0.29, 0.717) is 11.5 Å². The number of ether oxygens (including phenoxy) is 2. The summed E-state index contributed by atoms with van der Waals surface area (Å²) in [5, 5.41) is 17.9. The van der Waals surface area contributed by atoms with Crippen molar-refractivity contribution in [2.45, 2.75) is 6.92 Å². The topological polar surface area (TPSA) is 115 Å². The molecule has 9 heteroatoms. The minimum Gasteiger partial charge on any atom is -0.454 e. The van der Waals surface area contributed by atoms with Gasteiger partial charge < -0.3 is 14.8 Å². The molecule has 0 aromatic heterocycles. The lowest BCUT2D eigenvalue weighted by atomic mass is 10.1. The quantitative estimate of drug-likeness (QED) is 0.466. The Bertz CT molecular complexity index is 881. The lowest BCUT2D eigenvalue weighted by Gasteiger charge is -2.07. The van der Waals surface area contributed by atoms with Crippen molar-refractivity contribution in [1.82, 2.24) is 5.43 Å². The van der Waals surface area contributed by atoms with Crippen molar-refractivity contribution in [1.29, 1.82) is 0 Å². The van der Waals surface area contributed by atoms with Gasteiger partial charge in [0.25, 0.3) is 11.6 Å². The van der Waals surface area contributed by atoms with E-state index in [9.17, 15) is 14.9 Å². The molecule has 0 spiro atoms. The Labute approximate surface area is 148 Å². The van der Waals surface area contributed by atoms with Crippen LogP contribution in [-0.2, 0) is 4.79 Å². The molecule has 1 aliphatic heterocycles. The molecule has 26 heavy (non-hydrogen) atoms. The molecule has 1 amide bonds. The van der Waals surface area contributed by atoms with Crippen LogP contribution in [0.25, 0.3) is 0 Å². The fraction of sp³-hybridized carbons (Fsp3) is 0.176. The maximum Gasteiger partial charge on any atom is 0.282 e. The number of rotatable bonds is 6. The molecular formula is C17H16N4O5. The number of carbonyl (C=O) groups excluding carboxylic acids is 1. The first-order valence-corrected chi connectivity index (χ1v) is 7.74. The molecule has 0 fully saturated rings. The molecule has 0 saturated heterocycles. The molecule has 0 radical (unpaired) electrons. The van der Waals surface area contributed by atoms with Crippen LogP contribution in [0.3, 0.4) is 0 Å². The lowest BCUT2D eigenvalue weighted by Crippen LogP contribution is -2.26. The molecule has 9 nitrogen and oxygen atoms in total. The van der Waals surface area contributed by atoms with Crippen LogP contribution in [0.4, 0.5) is 11.4 Å². The normalized spacial score (nSPS) is 12.2. The van der Waals surface area contributed by atoms with Crippen molar-refractivity contribution in [3.8, 4) is 11.5 Å².